The van der Waals surface area contributed by atoms with Gasteiger partial charge in [-0.2, -0.15) is 8.78 Å². The summed E-state index contributed by atoms with van der Waals surface area (Å²) in [6.45, 7) is 8.34. The Morgan fingerprint density at radius 2 is 1.70 bits per heavy atom. The van der Waals surface area contributed by atoms with Crippen molar-refractivity contribution >= 4 is 17.1 Å². The summed E-state index contributed by atoms with van der Waals surface area (Å²) in [6, 6.07) is 3.47. The highest BCUT2D eigenvalue weighted by molar-refractivity contribution is 7.91. The quantitative estimate of drug-likeness (QED) is 0.661. The van der Waals surface area contributed by atoms with Crippen molar-refractivity contribution in [3.05, 3.63) is 35.1 Å². The zero-order chi connectivity index (χ0) is 18.2. The Bertz CT molecular complexity index is 604. The maximum absolute atomic E-state index is 14.5. The smallest absolute Gasteiger partial charge is 0.303 e. The van der Waals surface area contributed by atoms with Crippen molar-refractivity contribution in [2.24, 2.45) is 4.40 Å². The fourth-order valence-corrected chi connectivity index (χ4v) is 2.31. The van der Waals surface area contributed by atoms with Gasteiger partial charge in [-0.05, 0) is 47.6 Å². The molecule has 0 fully saturated rings. The van der Waals surface area contributed by atoms with Gasteiger partial charge in [0.1, 0.15) is 27.5 Å². The van der Waals surface area contributed by atoms with Gasteiger partial charge in [-0.15, -0.1) is 0 Å². The number of hydrogen-bond acceptors (Lipinski definition) is 3. The molecule has 0 saturated heterocycles. The minimum atomic E-state index is -3.78. The summed E-state index contributed by atoms with van der Waals surface area (Å²) in [6.07, 6.45) is 0. The zero-order valence-corrected chi connectivity index (χ0v) is 14.9. The highest BCUT2D eigenvalue weighted by atomic mass is 32.2. The Labute approximate surface area is 137 Å². The molecule has 1 aromatic carbocycles. The van der Waals surface area contributed by atoms with E-state index in [-0.39, 0.29) is 11.3 Å². The van der Waals surface area contributed by atoms with Crippen LogP contribution in [0, 0.1) is 5.82 Å². The lowest BCUT2D eigenvalue weighted by atomic mass is 9.91. The normalized spacial score (nSPS) is 15.7. The molecule has 1 aromatic rings. The Kier molecular flexibility index (Phi) is 5.61. The largest absolute Gasteiger partial charge is 0.591 e. The monoisotopic (exact) mass is 349 g/mol. The van der Waals surface area contributed by atoms with Crippen LogP contribution < -0.4 is 0 Å². The lowest BCUT2D eigenvalue weighted by molar-refractivity contribution is -0.170. The van der Waals surface area contributed by atoms with Crippen molar-refractivity contribution in [2.75, 3.05) is 0 Å². The summed E-state index contributed by atoms with van der Waals surface area (Å²) < 4.78 is 58.3. The second-order valence-corrected chi connectivity index (χ2v) is 8.74. The fraction of sp³-hybridized carbons (Fsp3) is 0.562. The molecule has 7 heteroatoms. The van der Waals surface area contributed by atoms with Crippen molar-refractivity contribution in [1.82, 2.24) is 0 Å². The molecule has 3 nitrogen and oxygen atoms in total. The molecule has 1 N–H and O–H groups in total. The van der Waals surface area contributed by atoms with Gasteiger partial charge in [-0.1, -0.05) is 16.5 Å². The van der Waals surface area contributed by atoms with Crippen LogP contribution in [0.1, 0.15) is 52.7 Å². The van der Waals surface area contributed by atoms with Gasteiger partial charge in [0.2, 0.25) is 0 Å². The van der Waals surface area contributed by atoms with E-state index in [9.17, 15) is 22.8 Å². The van der Waals surface area contributed by atoms with Crippen LogP contribution in [0.15, 0.2) is 22.6 Å². The molecule has 0 bridgehead atoms. The summed E-state index contributed by atoms with van der Waals surface area (Å²) >= 11 is -1.64. The molecule has 1 rings (SSSR count). The molecule has 130 valence electrons. The third-order valence-corrected chi connectivity index (χ3v) is 4.73. The molecule has 0 radical (unpaired) electrons. The standard InChI is InChI=1S/C16H22F3NO2S/c1-10(20-23(22)14(2,3)4)11-8-7-9-12(13(11)17)16(18,19)15(5,6)21/h7-9,21H,1-6H3/b20-10-. The molecule has 0 saturated carbocycles. The summed E-state index contributed by atoms with van der Waals surface area (Å²) in [5.74, 6) is -4.96. The Morgan fingerprint density at radius 3 is 2.13 bits per heavy atom. The van der Waals surface area contributed by atoms with Crippen LogP contribution in [-0.4, -0.2) is 25.7 Å². The molecule has 0 aliphatic heterocycles. The number of halogens is 3. The van der Waals surface area contributed by atoms with Crippen LogP contribution >= 0.6 is 0 Å². The molecule has 0 spiro atoms. The Morgan fingerprint density at radius 1 is 1.17 bits per heavy atom. The highest BCUT2D eigenvalue weighted by Gasteiger charge is 2.49. The van der Waals surface area contributed by atoms with E-state index in [1.165, 1.54) is 19.1 Å². The summed E-state index contributed by atoms with van der Waals surface area (Å²) in [4.78, 5) is 0. The average Bonchev–Trinajstić information content (AvgIpc) is 2.35. The van der Waals surface area contributed by atoms with Crippen LogP contribution in [0.25, 0.3) is 0 Å². The number of rotatable bonds is 4. The minimum Gasteiger partial charge on any atom is -0.591 e. The average molecular weight is 349 g/mol. The molecular weight excluding hydrogens is 327 g/mol. The van der Waals surface area contributed by atoms with Gasteiger partial charge in [-0.3, -0.25) is 0 Å². The molecule has 1 atom stereocenters. The van der Waals surface area contributed by atoms with E-state index in [0.29, 0.717) is 0 Å². The number of hydrogen-bond donors (Lipinski definition) is 1. The molecule has 1 unspecified atom stereocenters. The number of nitrogens with zero attached hydrogens (tertiary/aromatic N) is 1. The van der Waals surface area contributed by atoms with Gasteiger partial charge in [0, 0.05) is 5.56 Å². The third-order valence-electron chi connectivity index (χ3n) is 3.24. The zero-order valence-electron chi connectivity index (χ0n) is 14.1. The van der Waals surface area contributed by atoms with Crippen LogP contribution in [0.5, 0.6) is 0 Å². The van der Waals surface area contributed by atoms with Crippen LogP contribution in [-0.2, 0) is 17.3 Å². The minimum absolute atomic E-state index is 0.0594. The number of alkyl halides is 2. The lowest BCUT2D eigenvalue weighted by Gasteiger charge is -2.29. The van der Waals surface area contributed by atoms with Gasteiger partial charge in [-0.25, -0.2) is 4.39 Å². The van der Waals surface area contributed by atoms with Crippen molar-refractivity contribution in [3.63, 3.8) is 0 Å². The molecule has 0 amide bonds. The predicted molar refractivity (Wildman–Crippen MR) is 86.7 cm³/mol. The maximum Gasteiger partial charge on any atom is 0.303 e. The van der Waals surface area contributed by atoms with Crippen molar-refractivity contribution < 1.29 is 22.8 Å². The first kappa shape index (κ1) is 20.0. The third kappa shape index (κ3) is 4.28. The Hall–Kier alpha value is -1.05. The number of benzene rings is 1. The highest BCUT2D eigenvalue weighted by Crippen LogP contribution is 2.40. The summed E-state index contributed by atoms with van der Waals surface area (Å²) in [5, 5.41) is 9.61. The second-order valence-electron chi connectivity index (χ2n) is 6.84. The second kappa shape index (κ2) is 6.45. The first-order chi connectivity index (χ1) is 10.2. The van der Waals surface area contributed by atoms with E-state index in [2.05, 4.69) is 4.40 Å². The molecule has 0 heterocycles. The first-order valence-corrected chi connectivity index (χ1v) is 8.17. The van der Waals surface area contributed by atoms with E-state index in [0.717, 1.165) is 19.9 Å². The van der Waals surface area contributed by atoms with Crippen LogP contribution in [0.3, 0.4) is 0 Å². The molecule has 0 aliphatic carbocycles. The van der Waals surface area contributed by atoms with Gasteiger partial charge in [0.25, 0.3) is 0 Å². The molecular formula is C16H22F3NO2S. The Balaban J connectivity index is 3.38. The van der Waals surface area contributed by atoms with Gasteiger partial charge >= 0.3 is 5.92 Å². The molecule has 23 heavy (non-hydrogen) atoms. The van der Waals surface area contributed by atoms with Crippen molar-refractivity contribution in [1.29, 1.82) is 0 Å². The van der Waals surface area contributed by atoms with E-state index in [4.69, 9.17) is 0 Å². The first-order valence-electron chi connectivity index (χ1n) is 7.06. The number of aliphatic hydroxyl groups is 1. The predicted octanol–water partition coefficient (Wildman–Crippen LogP) is 3.96. The van der Waals surface area contributed by atoms with Crippen molar-refractivity contribution in [2.45, 2.75) is 57.8 Å². The lowest BCUT2D eigenvalue weighted by Crippen LogP contribution is -2.41. The SMILES string of the molecule is C/C(=N/[S+]([O-])C(C)(C)C)c1cccc(C(F)(F)C(C)(C)O)c1F. The summed E-state index contributed by atoms with van der Waals surface area (Å²) in [7, 11) is 0. The van der Waals surface area contributed by atoms with Crippen LogP contribution in [0.4, 0.5) is 13.2 Å². The van der Waals surface area contributed by atoms with E-state index in [1.54, 1.807) is 20.8 Å². The molecule has 0 aromatic heterocycles. The van der Waals surface area contributed by atoms with E-state index < -0.39 is 39.0 Å². The van der Waals surface area contributed by atoms with Crippen LogP contribution in [0.2, 0.25) is 0 Å². The van der Waals surface area contributed by atoms with Crippen molar-refractivity contribution in [3.8, 4) is 0 Å². The van der Waals surface area contributed by atoms with E-state index in [1.807, 2.05) is 0 Å². The van der Waals surface area contributed by atoms with Gasteiger partial charge in [0.05, 0.1) is 11.3 Å². The summed E-state index contributed by atoms with van der Waals surface area (Å²) in [5.41, 5.74) is -3.45. The van der Waals surface area contributed by atoms with Gasteiger partial charge in [0.15, 0.2) is 0 Å². The fourth-order valence-electron chi connectivity index (χ4n) is 1.69. The topological polar surface area (TPSA) is 55.7 Å². The molecule has 0 aliphatic rings. The van der Waals surface area contributed by atoms with Gasteiger partial charge < -0.3 is 9.66 Å². The maximum atomic E-state index is 14.5. The van der Waals surface area contributed by atoms with E-state index >= 15 is 0 Å².